The average Bonchev–Trinajstić information content (AvgIpc) is 1.87. The third-order valence-electron chi connectivity index (χ3n) is 0.925. The predicted octanol–water partition coefficient (Wildman–Crippen LogP) is 2.69. The van der Waals surface area contributed by atoms with Gasteiger partial charge in [0.25, 0.3) is 4.45 Å². The quantitative estimate of drug-likeness (QED) is 0.429. The highest BCUT2D eigenvalue weighted by Gasteiger charge is 2.28. The van der Waals surface area contributed by atoms with Crippen LogP contribution in [0.5, 0.6) is 0 Å². The molecule has 0 radical (unpaired) electrons. The van der Waals surface area contributed by atoms with Crippen molar-refractivity contribution in [1.29, 1.82) is 5.26 Å². The van der Waals surface area contributed by atoms with E-state index in [1.807, 2.05) is 6.07 Å². The lowest BCUT2D eigenvalue weighted by Crippen LogP contribution is -2.14. The predicted molar refractivity (Wildman–Crippen MR) is 46.9 cm³/mol. The molecule has 0 aliphatic rings. The summed E-state index contributed by atoms with van der Waals surface area (Å²) in [4.78, 5) is 3.05. The van der Waals surface area contributed by atoms with E-state index in [0.29, 0.717) is 6.42 Å². The minimum absolute atomic E-state index is 0.244. The maximum absolute atomic E-state index is 8.37. The molecule has 0 aromatic carbocycles. The van der Waals surface area contributed by atoms with Crippen LogP contribution in [0.1, 0.15) is 13.3 Å². The van der Waals surface area contributed by atoms with Crippen LogP contribution in [-0.2, 0) is 0 Å². The van der Waals surface area contributed by atoms with Crippen molar-refractivity contribution in [2.45, 2.75) is 22.6 Å². The molecule has 0 saturated heterocycles. The Morgan fingerprint density at radius 3 is 2.70 bits per heavy atom. The first-order valence-electron chi connectivity index (χ1n) is 2.63. The fourth-order valence-corrected chi connectivity index (χ4v) is 1.81. The summed E-state index contributed by atoms with van der Waals surface area (Å²) in [5.74, 6) is 0. The standard InChI is InChI=1S/C6H6Br2N2/c1-6(8,10-2)3-5(7)4-9/h5H,3H2,1H3. The molecule has 0 saturated carbocycles. The minimum atomic E-state index is -0.600. The van der Waals surface area contributed by atoms with E-state index in [9.17, 15) is 0 Å². The van der Waals surface area contributed by atoms with Crippen LogP contribution in [-0.4, -0.2) is 9.28 Å². The monoisotopic (exact) mass is 264 g/mol. The van der Waals surface area contributed by atoms with E-state index in [1.165, 1.54) is 0 Å². The van der Waals surface area contributed by atoms with Crippen LogP contribution in [0.25, 0.3) is 4.85 Å². The van der Waals surface area contributed by atoms with E-state index in [-0.39, 0.29) is 4.83 Å². The molecule has 0 rings (SSSR count). The molecule has 0 amide bonds. The van der Waals surface area contributed by atoms with Crippen LogP contribution in [0.3, 0.4) is 0 Å². The lowest BCUT2D eigenvalue weighted by molar-refractivity contribution is 0.738. The normalized spacial score (nSPS) is 18.1. The zero-order chi connectivity index (χ0) is 8.20. The molecule has 0 aromatic rings. The Morgan fingerprint density at radius 2 is 2.40 bits per heavy atom. The highest BCUT2D eigenvalue weighted by atomic mass is 79.9. The number of hydrogen-bond acceptors (Lipinski definition) is 1. The number of alkyl halides is 2. The zero-order valence-electron chi connectivity index (χ0n) is 5.43. The van der Waals surface area contributed by atoms with Gasteiger partial charge in [0, 0.05) is 22.9 Å². The van der Waals surface area contributed by atoms with Gasteiger partial charge in [-0.1, -0.05) is 15.9 Å². The van der Waals surface area contributed by atoms with E-state index >= 15 is 0 Å². The van der Waals surface area contributed by atoms with Crippen molar-refractivity contribution < 1.29 is 0 Å². The molecular weight excluding hydrogens is 260 g/mol. The Hall–Kier alpha value is -0.0600. The highest BCUT2D eigenvalue weighted by Crippen LogP contribution is 2.27. The van der Waals surface area contributed by atoms with Crippen LogP contribution in [0, 0.1) is 17.9 Å². The summed E-state index contributed by atoms with van der Waals surface area (Å²) < 4.78 is -0.600. The third-order valence-corrected chi connectivity index (χ3v) is 1.95. The van der Waals surface area contributed by atoms with Crippen LogP contribution in [0.2, 0.25) is 0 Å². The molecule has 10 heavy (non-hydrogen) atoms. The molecule has 0 aromatic heterocycles. The summed E-state index contributed by atoms with van der Waals surface area (Å²) in [5, 5.41) is 8.37. The van der Waals surface area contributed by atoms with Crippen LogP contribution < -0.4 is 0 Å². The molecule has 0 spiro atoms. The van der Waals surface area contributed by atoms with Gasteiger partial charge in [-0.25, -0.2) is 6.57 Å². The molecule has 0 aliphatic heterocycles. The summed E-state index contributed by atoms with van der Waals surface area (Å²) in [6, 6.07) is 2.00. The third kappa shape index (κ3) is 3.87. The summed E-state index contributed by atoms with van der Waals surface area (Å²) in [5.41, 5.74) is 0. The number of nitriles is 1. The van der Waals surface area contributed by atoms with Crippen LogP contribution >= 0.6 is 31.9 Å². The van der Waals surface area contributed by atoms with E-state index in [4.69, 9.17) is 11.8 Å². The lowest BCUT2D eigenvalue weighted by atomic mass is 10.2. The molecule has 54 valence electrons. The Morgan fingerprint density at radius 1 is 1.90 bits per heavy atom. The van der Waals surface area contributed by atoms with E-state index in [0.717, 1.165) is 0 Å². The smallest absolute Gasteiger partial charge is 0.284 e. The number of rotatable bonds is 2. The second-order valence-electron chi connectivity index (χ2n) is 2.05. The largest absolute Gasteiger partial charge is 0.298 e. The van der Waals surface area contributed by atoms with Crippen LogP contribution in [0.15, 0.2) is 0 Å². The van der Waals surface area contributed by atoms with Gasteiger partial charge in [-0.05, 0) is 0 Å². The molecule has 2 unspecified atom stereocenters. The lowest BCUT2D eigenvalue weighted by Gasteiger charge is -2.07. The first-order valence-corrected chi connectivity index (χ1v) is 4.34. The van der Waals surface area contributed by atoms with Crippen molar-refractivity contribution >= 4 is 31.9 Å². The molecule has 2 atom stereocenters. The van der Waals surface area contributed by atoms with E-state index in [1.54, 1.807) is 6.92 Å². The Kier molecular flexibility index (Phi) is 3.93. The summed E-state index contributed by atoms with van der Waals surface area (Å²) >= 11 is 6.31. The molecular formula is C6H6Br2N2. The average molecular weight is 266 g/mol. The van der Waals surface area contributed by atoms with Gasteiger partial charge in [0.05, 0.1) is 12.5 Å². The summed E-state index contributed by atoms with van der Waals surface area (Å²) in [6.07, 6.45) is 0.493. The molecule has 0 N–H and O–H groups in total. The Bertz CT molecular complexity index is 187. The molecule has 0 fully saturated rings. The maximum Gasteiger partial charge on any atom is 0.284 e. The Labute approximate surface area is 77.3 Å². The Balaban J connectivity index is 3.95. The van der Waals surface area contributed by atoms with Gasteiger partial charge in [-0.15, -0.1) is 0 Å². The molecule has 2 nitrogen and oxygen atoms in total. The minimum Gasteiger partial charge on any atom is -0.298 e. The summed E-state index contributed by atoms with van der Waals surface area (Å²) in [6.45, 7) is 8.46. The van der Waals surface area contributed by atoms with Crippen molar-refractivity contribution in [2.75, 3.05) is 0 Å². The highest BCUT2D eigenvalue weighted by molar-refractivity contribution is 9.10. The topological polar surface area (TPSA) is 28.1 Å². The van der Waals surface area contributed by atoms with Crippen molar-refractivity contribution in [2.24, 2.45) is 0 Å². The fraction of sp³-hybridized carbons (Fsp3) is 0.667. The van der Waals surface area contributed by atoms with Crippen LogP contribution in [0.4, 0.5) is 0 Å². The number of hydrogen-bond donors (Lipinski definition) is 0. The van der Waals surface area contributed by atoms with Gasteiger partial charge >= 0.3 is 0 Å². The van der Waals surface area contributed by atoms with Crippen molar-refractivity contribution in [3.8, 4) is 6.07 Å². The van der Waals surface area contributed by atoms with Gasteiger partial charge in [-0.2, -0.15) is 5.26 Å². The van der Waals surface area contributed by atoms with Crippen molar-refractivity contribution in [1.82, 2.24) is 0 Å². The zero-order valence-corrected chi connectivity index (χ0v) is 8.61. The number of nitrogens with zero attached hydrogens (tertiary/aromatic N) is 2. The van der Waals surface area contributed by atoms with Gasteiger partial charge in [-0.3, -0.25) is 4.85 Å². The molecule has 0 aliphatic carbocycles. The second kappa shape index (κ2) is 3.95. The fourth-order valence-electron chi connectivity index (χ4n) is 0.418. The molecule has 4 heteroatoms. The summed E-state index contributed by atoms with van der Waals surface area (Å²) in [7, 11) is 0. The van der Waals surface area contributed by atoms with Gasteiger partial charge in [0.1, 0.15) is 4.83 Å². The van der Waals surface area contributed by atoms with E-state index in [2.05, 4.69) is 36.7 Å². The molecule has 0 heterocycles. The molecule has 0 bridgehead atoms. The SMILES string of the molecule is [C-]#[N+]C(C)(Br)CC(Br)C#N. The first-order chi connectivity index (χ1) is 4.52. The maximum atomic E-state index is 8.37. The van der Waals surface area contributed by atoms with Gasteiger partial charge in [0.15, 0.2) is 0 Å². The van der Waals surface area contributed by atoms with Crippen molar-refractivity contribution in [3.63, 3.8) is 0 Å². The van der Waals surface area contributed by atoms with Gasteiger partial charge < -0.3 is 0 Å². The van der Waals surface area contributed by atoms with Crippen molar-refractivity contribution in [3.05, 3.63) is 11.4 Å². The van der Waals surface area contributed by atoms with E-state index < -0.39 is 4.45 Å². The number of halogens is 2. The van der Waals surface area contributed by atoms with Gasteiger partial charge in [0.2, 0.25) is 0 Å². The second-order valence-corrected chi connectivity index (χ2v) is 4.87. The first kappa shape index (κ1) is 9.94.